The molecule has 130 valence electrons. The van der Waals surface area contributed by atoms with Gasteiger partial charge < -0.3 is 10.2 Å². The smallest absolute Gasteiger partial charge is 0.383 e. The van der Waals surface area contributed by atoms with E-state index in [1.807, 2.05) is 0 Å². The first-order valence-corrected chi connectivity index (χ1v) is 6.34. The van der Waals surface area contributed by atoms with Gasteiger partial charge in [0.1, 0.15) is 0 Å². The van der Waals surface area contributed by atoms with Gasteiger partial charge >= 0.3 is 12.4 Å². The second-order valence-electron chi connectivity index (χ2n) is 4.91. The van der Waals surface area contributed by atoms with E-state index in [2.05, 4.69) is 5.10 Å². The summed E-state index contributed by atoms with van der Waals surface area (Å²) in [5.41, 5.74) is -1.95. The van der Waals surface area contributed by atoms with Crippen LogP contribution in [0, 0.1) is 17.2 Å². The number of nitriles is 1. The molecule has 0 radical (unpaired) electrons. The molecule has 1 heterocycles. The number of hydrogen-bond acceptors (Lipinski definition) is 5. The van der Waals surface area contributed by atoms with E-state index in [0.717, 1.165) is 12.1 Å². The van der Waals surface area contributed by atoms with E-state index in [0.29, 0.717) is 5.01 Å². The molecule has 0 saturated heterocycles. The lowest BCUT2D eigenvalue weighted by atomic mass is 9.94. The van der Waals surface area contributed by atoms with Gasteiger partial charge in [0.15, 0.2) is 18.0 Å². The molecule has 1 aromatic rings. The van der Waals surface area contributed by atoms with E-state index in [4.69, 9.17) is 5.26 Å². The standard InChI is InChI=1S/C13H9F6N3O2/c14-12(15,16)9-8(10(23)13(17,18)19)11(24)22(21-9)7-3-1-6(5-20)2-4-7/h1-4,8,10-11,23-24H. The molecule has 1 aliphatic heterocycles. The van der Waals surface area contributed by atoms with E-state index in [1.165, 1.54) is 12.1 Å². The van der Waals surface area contributed by atoms with Crippen molar-refractivity contribution in [2.24, 2.45) is 11.0 Å². The monoisotopic (exact) mass is 353 g/mol. The Morgan fingerprint density at radius 3 is 2.08 bits per heavy atom. The quantitative estimate of drug-likeness (QED) is 0.799. The van der Waals surface area contributed by atoms with Gasteiger partial charge in [-0.15, -0.1) is 0 Å². The van der Waals surface area contributed by atoms with E-state index in [9.17, 15) is 36.6 Å². The Labute approximate surface area is 131 Å². The first-order chi connectivity index (χ1) is 11.0. The summed E-state index contributed by atoms with van der Waals surface area (Å²) in [5, 5.41) is 31.1. The summed E-state index contributed by atoms with van der Waals surface area (Å²) >= 11 is 0. The fourth-order valence-corrected chi connectivity index (χ4v) is 2.20. The third-order valence-corrected chi connectivity index (χ3v) is 3.33. The number of rotatable bonds is 2. The molecule has 0 aliphatic carbocycles. The van der Waals surface area contributed by atoms with Crippen molar-refractivity contribution in [2.75, 3.05) is 5.01 Å². The van der Waals surface area contributed by atoms with Crippen molar-refractivity contribution < 1.29 is 36.6 Å². The maximum absolute atomic E-state index is 13.0. The van der Waals surface area contributed by atoms with Gasteiger partial charge in [0, 0.05) is 0 Å². The summed E-state index contributed by atoms with van der Waals surface area (Å²) in [4.78, 5) is 0. The predicted octanol–water partition coefficient (Wildman–Crippen LogP) is 2.15. The number of benzene rings is 1. The summed E-state index contributed by atoms with van der Waals surface area (Å²) in [6.07, 6.45) is -16.5. The van der Waals surface area contributed by atoms with E-state index < -0.39 is 36.3 Å². The first kappa shape index (κ1) is 18.0. The van der Waals surface area contributed by atoms with E-state index >= 15 is 0 Å². The third kappa shape index (κ3) is 3.29. The van der Waals surface area contributed by atoms with E-state index in [-0.39, 0.29) is 11.3 Å². The van der Waals surface area contributed by atoms with Gasteiger partial charge in [-0.05, 0) is 24.3 Å². The van der Waals surface area contributed by atoms with Gasteiger partial charge in [0.25, 0.3) is 0 Å². The molecule has 2 N–H and O–H groups in total. The molecule has 0 bridgehead atoms. The highest BCUT2D eigenvalue weighted by Gasteiger charge is 2.58. The fourth-order valence-electron chi connectivity index (χ4n) is 2.20. The average Bonchev–Trinajstić information content (AvgIpc) is 2.83. The Morgan fingerprint density at radius 2 is 1.67 bits per heavy atom. The molecule has 0 saturated carbocycles. The van der Waals surface area contributed by atoms with Crippen LogP contribution in [0.1, 0.15) is 5.56 Å². The number of nitrogens with zero attached hydrogens (tertiary/aromatic N) is 3. The normalized spacial score (nSPS) is 23.0. The number of aliphatic hydroxyl groups is 2. The van der Waals surface area contributed by atoms with Gasteiger partial charge in [-0.1, -0.05) is 0 Å². The highest BCUT2D eigenvalue weighted by atomic mass is 19.4. The molecular formula is C13H9F6N3O2. The Hall–Kier alpha value is -2.32. The van der Waals surface area contributed by atoms with Gasteiger partial charge in [-0.2, -0.15) is 36.7 Å². The third-order valence-electron chi connectivity index (χ3n) is 3.33. The molecule has 11 heteroatoms. The van der Waals surface area contributed by atoms with Crippen LogP contribution in [0.3, 0.4) is 0 Å². The molecule has 1 aromatic carbocycles. The van der Waals surface area contributed by atoms with Crippen molar-refractivity contribution in [3.8, 4) is 6.07 Å². The lowest BCUT2D eigenvalue weighted by Gasteiger charge is -2.27. The molecule has 3 unspecified atom stereocenters. The summed E-state index contributed by atoms with van der Waals surface area (Å²) in [7, 11) is 0. The van der Waals surface area contributed by atoms with Crippen LogP contribution in [0.15, 0.2) is 29.4 Å². The summed E-state index contributed by atoms with van der Waals surface area (Å²) < 4.78 is 76.7. The zero-order chi connectivity index (χ0) is 18.3. The Morgan fingerprint density at radius 1 is 1.12 bits per heavy atom. The number of hydrazone groups is 1. The molecule has 0 aromatic heterocycles. The first-order valence-electron chi connectivity index (χ1n) is 6.34. The summed E-state index contributed by atoms with van der Waals surface area (Å²) in [6.45, 7) is 0. The van der Waals surface area contributed by atoms with Crippen LogP contribution in [0.25, 0.3) is 0 Å². The predicted molar refractivity (Wildman–Crippen MR) is 68.7 cm³/mol. The van der Waals surface area contributed by atoms with Gasteiger partial charge in [0.05, 0.1) is 23.2 Å². The largest absolute Gasteiger partial charge is 0.431 e. The van der Waals surface area contributed by atoms with Gasteiger partial charge in [0.2, 0.25) is 0 Å². The Balaban J connectivity index is 2.45. The molecule has 5 nitrogen and oxygen atoms in total. The van der Waals surface area contributed by atoms with Crippen LogP contribution >= 0.6 is 0 Å². The van der Waals surface area contributed by atoms with Crippen LogP contribution < -0.4 is 5.01 Å². The van der Waals surface area contributed by atoms with Crippen LogP contribution in [-0.4, -0.2) is 40.6 Å². The molecule has 24 heavy (non-hydrogen) atoms. The van der Waals surface area contributed by atoms with Crippen LogP contribution in [-0.2, 0) is 0 Å². The molecule has 2 rings (SSSR count). The second-order valence-corrected chi connectivity index (χ2v) is 4.91. The number of aliphatic hydroxyl groups excluding tert-OH is 2. The molecular weight excluding hydrogens is 344 g/mol. The lowest BCUT2D eigenvalue weighted by molar-refractivity contribution is -0.221. The minimum Gasteiger partial charge on any atom is -0.383 e. The van der Waals surface area contributed by atoms with Crippen molar-refractivity contribution >= 4 is 11.4 Å². The summed E-state index contributed by atoms with van der Waals surface area (Å²) in [6, 6.07) is 6.36. The topological polar surface area (TPSA) is 79.9 Å². The van der Waals surface area contributed by atoms with Crippen molar-refractivity contribution in [1.82, 2.24) is 0 Å². The van der Waals surface area contributed by atoms with Crippen LogP contribution in [0.4, 0.5) is 32.0 Å². The zero-order valence-corrected chi connectivity index (χ0v) is 11.5. The lowest BCUT2D eigenvalue weighted by Crippen LogP contribution is -2.49. The maximum Gasteiger partial charge on any atom is 0.431 e. The van der Waals surface area contributed by atoms with Crippen LogP contribution in [0.2, 0.25) is 0 Å². The highest BCUT2D eigenvalue weighted by Crippen LogP contribution is 2.39. The maximum atomic E-state index is 13.0. The van der Waals surface area contributed by atoms with Crippen molar-refractivity contribution in [3.05, 3.63) is 29.8 Å². The molecule has 0 fully saturated rings. The van der Waals surface area contributed by atoms with Crippen LogP contribution in [0.5, 0.6) is 0 Å². The van der Waals surface area contributed by atoms with Crippen molar-refractivity contribution in [1.29, 1.82) is 5.26 Å². The number of halogens is 6. The SMILES string of the molecule is N#Cc1ccc(N2N=C(C(F)(F)F)C(C(O)C(F)(F)F)C2O)cc1. The molecule has 3 atom stereocenters. The number of alkyl halides is 6. The van der Waals surface area contributed by atoms with Crippen molar-refractivity contribution in [3.63, 3.8) is 0 Å². The minimum absolute atomic E-state index is 0.152. The average molecular weight is 353 g/mol. The molecule has 0 amide bonds. The Kier molecular flexibility index (Phi) is 4.47. The number of anilines is 1. The van der Waals surface area contributed by atoms with Gasteiger partial charge in [-0.3, -0.25) is 0 Å². The van der Waals surface area contributed by atoms with E-state index in [1.54, 1.807) is 6.07 Å². The fraction of sp³-hybridized carbons (Fsp3) is 0.385. The Bertz CT molecular complexity index is 677. The van der Waals surface area contributed by atoms with Gasteiger partial charge in [-0.25, -0.2) is 5.01 Å². The number of hydrogen-bond donors (Lipinski definition) is 2. The minimum atomic E-state index is -5.38. The molecule has 0 spiro atoms. The summed E-state index contributed by atoms with van der Waals surface area (Å²) in [5.74, 6) is -2.72. The zero-order valence-electron chi connectivity index (χ0n) is 11.5. The van der Waals surface area contributed by atoms with Crippen molar-refractivity contribution in [2.45, 2.75) is 24.7 Å². The highest BCUT2D eigenvalue weighted by molar-refractivity contribution is 5.95. The second kappa shape index (κ2) is 5.95. The molecule has 1 aliphatic rings.